The summed E-state index contributed by atoms with van der Waals surface area (Å²) in [5, 5.41) is 0. The Kier molecular flexibility index (Phi) is 18.7. The first kappa shape index (κ1) is 36.2. The maximum atomic E-state index is 2.43. The topological polar surface area (TPSA) is 6.48 Å². The average molecular weight is 579 g/mol. The lowest BCUT2D eigenvalue weighted by molar-refractivity contribution is 0.429. The molecule has 2 aromatic carbocycles. The molecule has 0 N–H and O–H groups in total. The smallest absolute Gasteiger partial charge is 0.137 e. The summed E-state index contributed by atoms with van der Waals surface area (Å²) >= 11 is 0. The van der Waals surface area contributed by atoms with Crippen molar-refractivity contribution in [3.05, 3.63) is 48.5 Å². The van der Waals surface area contributed by atoms with Crippen LogP contribution in [0.1, 0.15) is 137 Å². The highest BCUT2D eigenvalue weighted by atomic mass is 15.3. The van der Waals surface area contributed by atoms with Crippen LogP contribution in [0.3, 0.4) is 0 Å². The first-order chi connectivity index (χ1) is 20.5. The molecular formula is C39H68N3+. The summed E-state index contributed by atoms with van der Waals surface area (Å²) in [5.41, 5.74) is 5.44. The minimum absolute atomic E-state index is 0.871. The summed E-state index contributed by atoms with van der Waals surface area (Å²) in [5.74, 6) is 0. The SMILES string of the molecule is CCCCCCCCCCCCCCCCCC[N+](C)(c1ccc(N(CC)CC)cc1)c1ccc(N(CC)CC)cc1. The average Bonchev–Trinajstić information content (AvgIpc) is 3.02. The molecule has 0 aliphatic heterocycles. The fourth-order valence-corrected chi connectivity index (χ4v) is 6.55. The predicted octanol–water partition coefficient (Wildman–Crippen LogP) is 11.9. The van der Waals surface area contributed by atoms with Gasteiger partial charge in [-0.1, -0.05) is 96.8 Å². The van der Waals surface area contributed by atoms with E-state index in [2.05, 4.69) is 100.0 Å². The van der Waals surface area contributed by atoms with Gasteiger partial charge < -0.3 is 9.80 Å². The van der Waals surface area contributed by atoms with E-state index in [-0.39, 0.29) is 0 Å². The molecule has 0 saturated heterocycles. The molecule has 2 rings (SSSR count). The molecule has 3 heteroatoms. The summed E-state index contributed by atoms with van der Waals surface area (Å²) < 4.78 is 0.871. The molecule has 0 radical (unpaired) electrons. The van der Waals surface area contributed by atoms with E-state index in [1.807, 2.05) is 0 Å². The third-order valence-corrected chi connectivity index (χ3v) is 9.56. The second kappa shape index (κ2) is 21.7. The maximum Gasteiger partial charge on any atom is 0.137 e. The Morgan fingerprint density at radius 1 is 0.405 bits per heavy atom. The zero-order chi connectivity index (χ0) is 30.5. The van der Waals surface area contributed by atoms with Gasteiger partial charge in [-0.3, -0.25) is 4.48 Å². The second-order valence-electron chi connectivity index (χ2n) is 12.6. The monoisotopic (exact) mass is 579 g/mol. The standard InChI is InChI=1S/C39H68N3/c1-7-12-13-14-15-16-17-18-19-20-21-22-23-24-25-26-35-42(6,38-31-27-36(28-32-38)40(8-2)9-3)39-33-29-37(30-34-39)41(10-4)11-5/h27-34H,7-26,35H2,1-6H3/q+1. The lowest BCUT2D eigenvalue weighted by atomic mass is 10.0. The number of nitrogens with zero attached hydrogens (tertiary/aromatic N) is 3. The van der Waals surface area contributed by atoms with Crippen LogP contribution in [0.5, 0.6) is 0 Å². The van der Waals surface area contributed by atoms with Crippen molar-refractivity contribution in [2.45, 2.75) is 137 Å². The highest BCUT2D eigenvalue weighted by Crippen LogP contribution is 2.36. The van der Waals surface area contributed by atoms with Gasteiger partial charge in [-0.25, -0.2) is 0 Å². The molecular weight excluding hydrogens is 510 g/mol. The van der Waals surface area contributed by atoms with Crippen LogP contribution in [0.15, 0.2) is 48.5 Å². The van der Waals surface area contributed by atoms with Crippen LogP contribution in [0.25, 0.3) is 0 Å². The molecule has 0 fully saturated rings. The predicted molar refractivity (Wildman–Crippen MR) is 192 cm³/mol. The largest absolute Gasteiger partial charge is 0.372 e. The van der Waals surface area contributed by atoms with Gasteiger partial charge in [0.25, 0.3) is 0 Å². The van der Waals surface area contributed by atoms with E-state index in [4.69, 9.17) is 0 Å². The molecule has 238 valence electrons. The van der Waals surface area contributed by atoms with Gasteiger partial charge in [0, 0.05) is 61.8 Å². The van der Waals surface area contributed by atoms with Crippen LogP contribution in [-0.2, 0) is 0 Å². The van der Waals surface area contributed by atoms with E-state index in [1.54, 1.807) is 0 Å². The van der Waals surface area contributed by atoms with Crippen molar-refractivity contribution in [3.63, 3.8) is 0 Å². The van der Waals surface area contributed by atoms with E-state index in [0.717, 1.165) is 37.2 Å². The number of rotatable bonds is 25. The van der Waals surface area contributed by atoms with Crippen LogP contribution in [0.2, 0.25) is 0 Å². The molecule has 0 aliphatic carbocycles. The molecule has 0 bridgehead atoms. The molecule has 0 unspecified atom stereocenters. The van der Waals surface area contributed by atoms with Crippen LogP contribution in [0.4, 0.5) is 22.7 Å². The molecule has 0 heterocycles. The van der Waals surface area contributed by atoms with Crippen molar-refractivity contribution < 1.29 is 0 Å². The highest BCUT2D eigenvalue weighted by molar-refractivity contribution is 5.64. The van der Waals surface area contributed by atoms with Gasteiger partial charge in [-0.2, -0.15) is 0 Å². The van der Waals surface area contributed by atoms with E-state index < -0.39 is 0 Å². The Labute approximate surface area is 262 Å². The fourth-order valence-electron chi connectivity index (χ4n) is 6.55. The first-order valence-electron chi connectivity index (χ1n) is 18.1. The molecule has 0 spiro atoms. The normalized spacial score (nSPS) is 11.7. The molecule has 0 aliphatic rings. The van der Waals surface area contributed by atoms with E-state index >= 15 is 0 Å². The molecule has 0 aromatic heterocycles. The Balaban J connectivity index is 1.83. The van der Waals surface area contributed by atoms with Crippen molar-refractivity contribution in [3.8, 4) is 0 Å². The van der Waals surface area contributed by atoms with Gasteiger partial charge in [-0.15, -0.1) is 0 Å². The van der Waals surface area contributed by atoms with Crippen molar-refractivity contribution in [2.24, 2.45) is 0 Å². The fraction of sp³-hybridized carbons (Fsp3) is 0.692. The zero-order valence-corrected chi connectivity index (χ0v) is 28.8. The van der Waals surface area contributed by atoms with E-state index in [9.17, 15) is 0 Å². The van der Waals surface area contributed by atoms with Gasteiger partial charge in [-0.05, 0) is 64.8 Å². The number of benzene rings is 2. The number of unbranched alkanes of at least 4 members (excludes halogenated alkanes) is 15. The van der Waals surface area contributed by atoms with Crippen LogP contribution >= 0.6 is 0 Å². The van der Waals surface area contributed by atoms with Gasteiger partial charge in [0.05, 0.1) is 13.6 Å². The van der Waals surface area contributed by atoms with E-state index in [1.165, 1.54) is 125 Å². The maximum absolute atomic E-state index is 2.43. The number of hydrogen-bond donors (Lipinski definition) is 0. The van der Waals surface area contributed by atoms with Gasteiger partial charge in [0.2, 0.25) is 0 Å². The Morgan fingerprint density at radius 2 is 0.690 bits per heavy atom. The summed E-state index contributed by atoms with van der Waals surface area (Å²) in [6, 6.07) is 18.8. The highest BCUT2D eigenvalue weighted by Gasteiger charge is 2.28. The molecule has 42 heavy (non-hydrogen) atoms. The van der Waals surface area contributed by atoms with E-state index in [0.29, 0.717) is 0 Å². The third kappa shape index (κ3) is 12.3. The Bertz CT molecular complexity index is 841. The first-order valence-corrected chi connectivity index (χ1v) is 18.1. The number of quaternary nitrogens is 1. The van der Waals surface area contributed by atoms with Crippen molar-refractivity contribution >= 4 is 22.7 Å². The summed E-state index contributed by atoms with van der Waals surface area (Å²) in [7, 11) is 2.42. The van der Waals surface area contributed by atoms with Crippen LogP contribution in [-0.4, -0.2) is 39.8 Å². The van der Waals surface area contributed by atoms with Gasteiger partial charge in [0.1, 0.15) is 11.4 Å². The lowest BCUT2D eigenvalue weighted by Gasteiger charge is -2.35. The quantitative estimate of drug-likeness (QED) is 0.0854. The van der Waals surface area contributed by atoms with Crippen molar-refractivity contribution in [1.82, 2.24) is 4.48 Å². The summed E-state index contributed by atoms with van der Waals surface area (Å²) in [4.78, 5) is 4.87. The number of anilines is 2. The molecule has 0 saturated carbocycles. The van der Waals surface area contributed by atoms with Gasteiger partial charge in [0.15, 0.2) is 0 Å². The third-order valence-electron chi connectivity index (χ3n) is 9.56. The Hall–Kier alpha value is -2.00. The Morgan fingerprint density at radius 3 is 0.976 bits per heavy atom. The zero-order valence-electron chi connectivity index (χ0n) is 28.8. The second-order valence-corrected chi connectivity index (χ2v) is 12.6. The van der Waals surface area contributed by atoms with Crippen LogP contribution < -0.4 is 14.3 Å². The molecule has 0 amide bonds. The summed E-state index contributed by atoms with van der Waals surface area (Å²) in [6.45, 7) is 16.6. The lowest BCUT2D eigenvalue weighted by Crippen LogP contribution is -2.40. The minimum Gasteiger partial charge on any atom is -0.372 e. The van der Waals surface area contributed by atoms with Crippen molar-refractivity contribution in [2.75, 3.05) is 49.6 Å². The van der Waals surface area contributed by atoms with Crippen LogP contribution in [0, 0.1) is 0 Å². The minimum atomic E-state index is 0.871. The summed E-state index contributed by atoms with van der Waals surface area (Å²) in [6.07, 6.45) is 22.6. The number of hydrogen-bond acceptors (Lipinski definition) is 2. The molecule has 2 aromatic rings. The molecule has 0 atom stereocenters. The van der Waals surface area contributed by atoms with Gasteiger partial charge >= 0.3 is 0 Å². The molecule has 3 nitrogen and oxygen atoms in total. The van der Waals surface area contributed by atoms with Crippen molar-refractivity contribution in [1.29, 1.82) is 0 Å².